The predicted octanol–water partition coefficient (Wildman–Crippen LogP) is 7.99. The molecule has 1 aromatic heterocycles. The van der Waals surface area contributed by atoms with Crippen LogP contribution in [0.2, 0.25) is 5.02 Å². The molecule has 0 aliphatic heterocycles. The van der Waals surface area contributed by atoms with Gasteiger partial charge in [0, 0.05) is 23.1 Å². The summed E-state index contributed by atoms with van der Waals surface area (Å²) in [7, 11) is -2.96. The van der Waals surface area contributed by atoms with Crippen molar-refractivity contribution >= 4 is 39.2 Å². The number of methoxy groups -OCH3 is 1. The van der Waals surface area contributed by atoms with Crippen molar-refractivity contribution in [3.63, 3.8) is 0 Å². The van der Waals surface area contributed by atoms with Crippen LogP contribution in [-0.4, -0.2) is 37.6 Å². The molecule has 2 N–H and O–H groups in total. The molecule has 0 bridgehead atoms. The first-order chi connectivity index (χ1) is 24.6. The second-order valence-corrected chi connectivity index (χ2v) is 13.4. The molecule has 0 radical (unpaired) electrons. The van der Waals surface area contributed by atoms with Crippen LogP contribution in [0.1, 0.15) is 34.3 Å². The van der Waals surface area contributed by atoms with Gasteiger partial charge in [0.25, 0.3) is 15.9 Å². The third-order valence-corrected chi connectivity index (χ3v) is 9.37. The summed E-state index contributed by atoms with van der Waals surface area (Å²) in [6.45, 7) is 1.62. The van der Waals surface area contributed by atoms with E-state index in [0.717, 1.165) is 11.1 Å². The number of hydrogen-bond acceptors (Lipinski definition) is 9. The molecule has 1 unspecified atom stereocenters. The largest absolute Gasteiger partial charge is 0.469 e. The van der Waals surface area contributed by atoms with Gasteiger partial charge in [0.05, 0.1) is 35.7 Å². The highest BCUT2D eigenvalue weighted by Crippen LogP contribution is 2.34. The average Bonchev–Trinajstić information content (AvgIpc) is 3.59. The fourth-order valence-electron chi connectivity index (χ4n) is 5.25. The molecule has 0 spiro atoms. The van der Waals surface area contributed by atoms with Crippen LogP contribution in [0.15, 0.2) is 131 Å². The molecule has 258 valence electrons. The van der Waals surface area contributed by atoms with E-state index in [1.807, 2.05) is 66.7 Å². The summed E-state index contributed by atoms with van der Waals surface area (Å²) in [6.07, 6.45) is -0.196. The lowest BCUT2D eigenvalue weighted by Crippen LogP contribution is -2.31. The van der Waals surface area contributed by atoms with Crippen LogP contribution in [0.3, 0.4) is 0 Å². The molecular weight excluding hydrogens is 692 g/mol. The number of para-hydroxylation sites is 2. The van der Waals surface area contributed by atoms with Crippen molar-refractivity contribution in [2.45, 2.75) is 24.3 Å². The highest BCUT2D eigenvalue weighted by molar-refractivity contribution is 7.92. The fraction of sp³-hybridized carbons (Fsp3) is 0.105. The van der Waals surface area contributed by atoms with Crippen LogP contribution in [-0.2, 0) is 19.6 Å². The number of benzene rings is 5. The molecular formula is C38H31ClN4O7S. The number of amides is 1. The number of esters is 1. The number of nitrogens with zero attached hydrogens (tertiary/aromatic N) is 2. The Labute approximate surface area is 299 Å². The number of carbonyl (C=O) groups excluding carboxylic acids is 2. The van der Waals surface area contributed by atoms with Crippen LogP contribution in [0.4, 0.5) is 5.69 Å². The number of rotatable bonds is 12. The summed E-state index contributed by atoms with van der Waals surface area (Å²) in [6, 6.07) is 33.6. The van der Waals surface area contributed by atoms with Gasteiger partial charge in [-0.3, -0.25) is 14.3 Å². The normalized spacial score (nSPS) is 11.7. The van der Waals surface area contributed by atoms with Crippen molar-refractivity contribution in [1.82, 2.24) is 15.5 Å². The smallest absolute Gasteiger partial charge is 0.307 e. The first-order valence-electron chi connectivity index (χ1n) is 15.6. The monoisotopic (exact) mass is 722 g/mol. The number of carbonyl (C=O) groups is 2. The molecule has 0 aliphatic rings. The van der Waals surface area contributed by atoms with E-state index in [-0.39, 0.29) is 33.5 Å². The summed E-state index contributed by atoms with van der Waals surface area (Å²) in [5.74, 6) is 0.596. The number of sulfonamides is 1. The van der Waals surface area contributed by atoms with Gasteiger partial charge in [0.1, 0.15) is 11.5 Å². The van der Waals surface area contributed by atoms with Gasteiger partial charge in [-0.1, -0.05) is 78.3 Å². The van der Waals surface area contributed by atoms with Crippen molar-refractivity contribution in [2.75, 3.05) is 11.8 Å². The molecule has 6 rings (SSSR count). The number of ether oxygens (including phenoxy) is 2. The first-order valence-corrected chi connectivity index (χ1v) is 17.5. The Kier molecular flexibility index (Phi) is 10.4. The Bertz CT molecular complexity index is 2300. The number of hydrogen-bond donors (Lipinski definition) is 2. The second kappa shape index (κ2) is 15.3. The van der Waals surface area contributed by atoms with Gasteiger partial charge in [-0.05, 0) is 65.7 Å². The number of halogens is 1. The van der Waals surface area contributed by atoms with E-state index in [1.165, 1.54) is 43.5 Å². The summed E-state index contributed by atoms with van der Waals surface area (Å²) >= 11 is 6.27. The predicted molar refractivity (Wildman–Crippen MR) is 192 cm³/mol. The summed E-state index contributed by atoms with van der Waals surface area (Å²) in [4.78, 5) is 26.2. The number of aryl methyl sites for hydroxylation is 1. The van der Waals surface area contributed by atoms with E-state index < -0.39 is 27.9 Å². The van der Waals surface area contributed by atoms with Gasteiger partial charge in [-0.15, -0.1) is 10.2 Å². The molecule has 5 aromatic carbocycles. The molecule has 0 aliphatic carbocycles. The van der Waals surface area contributed by atoms with Crippen LogP contribution < -0.4 is 14.8 Å². The van der Waals surface area contributed by atoms with E-state index in [4.69, 9.17) is 25.5 Å². The number of nitrogens with one attached hydrogen (secondary N) is 2. The minimum absolute atomic E-state index is 0.0295. The van der Waals surface area contributed by atoms with E-state index in [1.54, 1.807) is 25.1 Å². The van der Waals surface area contributed by atoms with Gasteiger partial charge in [0.15, 0.2) is 0 Å². The average molecular weight is 723 g/mol. The van der Waals surface area contributed by atoms with Crippen LogP contribution in [0.5, 0.6) is 11.5 Å². The Morgan fingerprint density at radius 3 is 2.31 bits per heavy atom. The maximum absolute atomic E-state index is 13.8. The lowest BCUT2D eigenvalue weighted by atomic mass is 9.98. The highest BCUT2D eigenvalue weighted by atomic mass is 35.5. The SMILES string of the molecule is COC(=O)CC(NC(=O)c1cc(Cl)ccc1NS(=O)(=O)c1cccc(-c2nnc(C)o2)c1)c1ccc(-c2ccccc2Oc2ccccc2)cc1. The molecule has 13 heteroatoms. The van der Waals surface area contributed by atoms with Crippen molar-refractivity contribution in [2.24, 2.45) is 0 Å². The maximum atomic E-state index is 13.8. The topological polar surface area (TPSA) is 150 Å². The molecule has 11 nitrogen and oxygen atoms in total. The molecule has 1 atom stereocenters. The molecule has 6 aromatic rings. The van der Waals surface area contributed by atoms with E-state index in [0.29, 0.717) is 28.5 Å². The Balaban J connectivity index is 1.25. The second-order valence-electron chi connectivity index (χ2n) is 11.3. The van der Waals surface area contributed by atoms with Gasteiger partial charge >= 0.3 is 5.97 Å². The van der Waals surface area contributed by atoms with Gasteiger partial charge in [-0.25, -0.2) is 8.42 Å². The number of anilines is 1. The van der Waals surface area contributed by atoms with Crippen molar-refractivity contribution in [1.29, 1.82) is 0 Å². The molecule has 0 saturated heterocycles. The quantitative estimate of drug-likeness (QED) is 0.120. The van der Waals surface area contributed by atoms with Crippen LogP contribution >= 0.6 is 11.6 Å². The van der Waals surface area contributed by atoms with Gasteiger partial charge in [-0.2, -0.15) is 0 Å². The third kappa shape index (κ3) is 8.43. The van der Waals surface area contributed by atoms with Crippen LogP contribution in [0.25, 0.3) is 22.6 Å². The zero-order chi connectivity index (χ0) is 36.0. The van der Waals surface area contributed by atoms with Crippen molar-refractivity contribution in [3.8, 4) is 34.1 Å². The lowest BCUT2D eigenvalue weighted by molar-refractivity contribution is -0.141. The Morgan fingerprint density at radius 1 is 0.843 bits per heavy atom. The number of aromatic nitrogens is 2. The van der Waals surface area contributed by atoms with E-state index in [9.17, 15) is 18.0 Å². The molecule has 1 heterocycles. The van der Waals surface area contributed by atoms with Gasteiger partial charge in [0.2, 0.25) is 11.8 Å². The molecule has 0 saturated carbocycles. The molecule has 0 fully saturated rings. The Hall–Kier alpha value is -5.98. The highest BCUT2D eigenvalue weighted by Gasteiger charge is 2.25. The standard InChI is InChI=1S/C38H31ClN4O7S/c1-24-41-42-38(49-24)27-9-8-12-30(21-27)51(46,47)43-33-20-19-28(39)22-32(33)37(45)40-34(23-36(44)48-2)26-17-15-25(16-18-26)31-13-6-7-14-35(31)50-29-10-4-3-5-11-29/h3-22,34,43H,23H2,1-2H3,(H,40,45). The third-order valence-electron chi connectivity index (χ3n) is 7.77. The zero-order valence-corrected chi connectivity index (χ0v) is 28.9. The van der Waals surface area contributed by atoms with Crippen LogP contribution in [0, 0.1) is 6.92 Å². The van der Waals surface area contributed by atoms with E-state index in [2.05, 4.69) is 20.2 Å². The lowest BCUT2D eigenvalue weighted by Gasteiger charge is -2.20. The maximum Gasteiger partial charge on any atom is 0.307 e. The van der Waals surface area contributed by atoms with Crippen molar-refractivity contribution < 1.29 is 31.9 Å². The van der Waals surface area contributed by atoms with Gasteiger partial charge < -0.3 is 19.2 Å². The minimum atomic E-state index is -4.21. The molecule has 51 heavy (non-hydrogen) atoms. The fourth-order valence-corrected chi connectivity index (χ4v) is 6.55. The minimum Gasteiger partial charge on any atom is -0.469 e. The summed E-state index contributed by atoms with van der Waals surface area (Å²) in [5.41, 5.74) is 2.60. The summed E-state index contributed by atoms with van der Waals surface area (Å²) in [5, 5.41) is 10.8. The Morgan fingerprint density at radius 2 is 1.59 bits per heavy atom. The first kappa shape index (κ1) is 34.9. The summed E-state index contributed by atoms with van der Waals surface area (Å²) < 4.78 is 46.1. The van der Waals surface area contributed by atoms with E-state index >= 15 is 0 Å². The van der Waals surface area contributed by atoms with Crippen molar-refractivity contribution in [3.05, 3.63) is 143 Å². The zero-order valence-electron chi connectivity index (χ0n) is 27.4. The molecule has 1 amide bonds.